The first-order valence-corrected chi connectivity index (χ1v) is 15.0. The lowest BCUT2D eigenvalue weighted by atomic mass is 9.85. The number of β-amino-alcohol motifs (C(OH)–C–C–N with tert-alkyl or cyclic N) is 1. The number of likely N-dealkylation sites (tertiary alicyclic amines) is 1. The highest BCUT2D eigenvalue weighted by Gasteiger charge is 2.44. The van der Waals surface area contributed by atoms with Crippen LogP contribution in [-0.4, -0.2) is 100 Å². The number of thiazole rings is 1. The zero-order valence-electron chi connectivity index (χ0n) is 24.2. The number of piperazine rings is 1. The highest BCUT2D eigenvalue weighted by molar-refractivity contribution is 7.13. The predicted molar refractivity (Wildman–Crippen MR) is 157 cm³/mol. The van der Waals surface area contributed by atoms with Gasteiger partial charge in [-0.1, -0.05) is 45.0 Å². The zero-order valence-corrected chi connectivity index (χ0v) is 25.0. The SMILES string of the molecule is C[C@H](NC(=O)[C@@H]1C[C@@H](O)CN1C(=O)C(NC(=O)CN1CCNCC1)C(C)(C)C)c1ccc(-c2scnc2CO)cc1. The molecule has 3 amide bonds. The van der Waals surface area contributed by atoms with Gasteiger partial charge in [-0.05, 0) is 23.5 Å². The number of benzene rings is 1. The van der Waals surface area contributed by atoms with E-state index in [1.807, 2.05) is 56.9 Å². The maximum absolute atomic E-state index is 13.8. The van der Waals surface area contributed by atoms with E-state index in [0.29, 0.717) is 5.69 Å². The van der Waals surface area contributed by atoms with E-state index >= 15 is 0 Å². The number of carbonyl (C=O) groups is 3. The van der Waals surface area contributed by atoms with Gasteiger partial charge in [0, 0.05) is 39.1 Å². The molecule has 1 aromatic heterocycles. The van der Waals surface area contributed by atoms with Gasteiger partial charge in [0.15, 0.2) is 0 Å². The molecule has 0 aliphatic carbocycles. The fourth-order valence-corrected chi connectivity index (χ4v) is 6.14. The smallest absolute Gasteiger partial charge is 0.246 e. The van der Waals surface area contributed by atoms with E-state index in [0.717, 1.165) is 42.2 Å². The van der Waals surface area contributed by atoms with Gasteiger partial charge in [-0.3, -0.25) is 19.3 Å². The van der Waals surface area contributed by atoms with Crippen molar-refractivity contribution >= 4 is 29.1 Å². The molecule has 1 aromatic carbocycles. The number of amides is 3. The quantitative estimate of drug-likeness (QED) is 0.291. The Morgan fingerprint density at radius 3 is 2.46 bits per heavy atom. The lowest BCUT2D eigenvalue weighted by Crippen LogP contribution is -2.59. The van der Waals surface area contributed by atoms with Crippen molar-refractivity contribution < 1.29 is 24.6 Å². The summed E-state index contributed by atoms with van der Waals surface area (Å²) in [5.41, 5.74) is 3.53. The maximum atomic E-state index is 13.8. The molecule has 2 aliphatic heterocycles. The fraction of sp³-hybridized carbons (Fsp3) is 0.586. The van der Waals surface area contributed by atoms with Crippen molar-refractivity contribution in [1.82, 2.24) is 30.7 Å². The number of hydrogen-bond donors (Lipinski definition) is 5. The van der Waals surface area contributed by atoms with Crippen LogP contribution in [0.3, 0.4) is 0 Å². The Bertz CT molecular complexity index is 1210. The normalized spacial score (nSPS) is 21.4. The lowest BCUT2D eigenvalue weighted by Gasteiger charge is -2.36. The summed E-state index contributed by atoms with van der Waals surface area (Å²) in [4.78, 5) is 48.7. The molecule has 0 radical (unpaired) electrons. The van der Waals surface area contributed by atoms with Crippen LogP contribution in [0.5, 0.6) is 0 Å². The molecule has 2 saturated heterocycles. The Morgan fingerprint density at radius 1 is 1.15 bits per heavy atom. The second-order valence-electron chi connectivity index (χ2n) is 11.9. The highest BCUT2D eigenvalue weighted by atomic mass is 32.1. The number of carbonyl (C=O) groups excluding carboxylic acids is 3. The molecule has 41 heavy (non-hydrogen) atoms. The van der Waals surface area contributed by atoms with Gasteiger partial charge in [0.25, 0.3) is 0 Å². The summed E-state index contributed by atoms with van der Waals surface area (Å²) in [5.74, 6) is -0.956. The Kier molecular flexibility index (Phi) is 10.1. The lowest BCUT2D eigenvalue weighted by molar-refractivity contribution is -0.144. The van der Waals surface area contributed by atoms with Gasteiger partial charge in [-0.15, -0.1) is 11.3 Å². The van der Waals surface area contributed by atoms with Gasteiger partial charge < -0.3 is 31.1 Å². The minimum absolute atomic E-state index is 0.0300. The van der Waals surface area contributed by atoms with E-state index in [2.05, 4.69) is 20.9 Å². The Hall–Kier alpha value is -2.90. The van der Waals surface area contributed by atoms with Gasteiger partial charge in [0.05, 0.1) is 41.4 Å². The number of rotatable bonds is 9. The van der Waals surface area contributed by atoms with Crippen LogP contribution in [0.25, 0.3) is 10.4 Å². The van der Waals surface area contributed by atoms with Gasteiger partial charge in [0.1, 0.15) is 12.1 Å². The summed E-state index contributed by atoms with van der Waals surface area (Å²) < 4.78 is 0. The molecule has 11 nitrogen and oxygen atoms in total. The summed E-state index contributed by atoms with van der Waals surface area (Å²) in [6.07, 6.45) is -0.703. The van der Waals surface area contributed by atoms with Crippen LogP contribution < -0.4 is 16.0 Å². The van der Waals surface area contributed by atoms with E-state index in [-0.39, 0.29) is 49.9 Å². The van der Waals surface area contributed by atoms with E-state index in [1.165, 1.54) is 16.2 Å². The topological polar surface area (TPSA) is 147 Å². The molecule has 2 fully saturated rings. The van der Waals surface area contributed by atoms with Gasteiger partial charge in [-0.25, -0.2) is 4.98 Å². The molecule has 2 aliphatic rings. The zero-order chi connectivity index (χ0) is 29.7. The molecule has 4 atom stereocenters. The molecule has 12 heteroatoms. The van der Waals surface area contributed by atoms with E-state index < -0.39 is 23.6 Å². The number of aliphatic hydroxyl groups is 2. The summed E-state index contributed by atoms with van der Waals surface area (Å²) in [7, 11) is 0. The molecule has 1 unspecified atom stereocenters. The largest absolute Gasteiger partial charge is 0.391 e. The van der Waals surface area contributed by atoms with Gasteiger partial charge in [-0.2, -0.15) is 0 Å². The van der Waals surface area contributed by atoms with Crippen LogP contribution >= 0.6 is 11.3 Å². The highest BCUT2D eigenvalue weighted by Crippen LogP contribution is 2.30. The van der Waals surface area contributed by atoms with Crippen molar-refractivity contribution in [3.8, 4) is 10.4 Å². The summed E-state index contributed by atoms with van der Waals surface area (Å²) in [6.45, 7) is 10.8. The van der Waals surface area contributed by atoms with E-state index in [4.69, 9.17) is 0 Å². The maximum Gasteiger partial charge on any atom is 0.246 e. The van der Waals surface area contributed by atoms with E-state index in [1.54, 1.807) is 5.51 Å². The number of aliphatic hydroxyl groups excluding tert-OH is 2. The fourth-order valence-electron chi connectivity index (χ4n) is 5.33. The van der Waals surface area contributed by atoms with Crippen LogP contribution in [0.1, 0.15) is 51.4 Å². The van der Waals surface area contributed by atoms with Crippen LogP contribution in [0.15, 0.2) is 29.8 Å². The van der Waals surface area contributed by atoms with Crippen LogP contribution in [0, 0.1) is 5.41 Å². The van der Waals surface area contributed by atoms with Crippen LogP contribution in [-0.2, 0) is 21.0 Å². The van der Waals surface area contributed by atoms with Crippen molar-refractivity contribution in [1.29, 1.82) is 0 Å². The average Bonchev–Trinajstić information content (AvgIpc) is 3.58. The summed E-state index contributed by atoms with van der Waals surface area (Å²) >= 11 is 1.45. The molecular formula is C29H42N6O5S. The molecule has 3 heterocycles. The Labute approximate surface area is 245 Å². The standard InChI is InChI=1S/C29H42N6O5S/c1-18(19-5-7-20(8-6-19)25-22(16-36)31-17-41-25)32-27(39)23-13-21(37)14-35(23)28(40)26(29(2,3)4)33-24(38)15-34-11-9-30-10-12-34/h5-8,17-18,21,23,26,30,36-37H,9-16H2,1-4H3,(H,32,39)(H,33,38)/t18-,21+,23-,26?/m0/s1. The van der Waals surface area contributed by atoms with E-state index in [9.17, 15) is 24.6 Å². The predicted octanol–water partition coefficient (Wildman–Crippen LogP) is 0.878. The van der Waals surface area contributed by atoms with Crippen molar-refractivity contribution in [3.05, 3.63) is 41.0 Å². The van der Waals surface area contributed by atoms with Crippen molar-refractivity contribution in [3.63, 3.8) is 0 Å². The minimum Gasteiger partial charge on any atom is -0.391 e. The van der Waals surface area contributed by atoms with Crippen molar-refractivity contribution in [2.75, 3.05) is 39.3 Å². The third-order valence-electron chi connectivity index (χ3n) is 7.68. The molecule has 0 spiro atoms. The Balaban J connectivity index is 1.42. The molecule has 0 saturated carbocycles. The van der Waals surface area contributed by atoms with Crippen LogP contribution in [0.2, 0.25) is 0 Å². The second-order valence-corrected chi connectivity index (χ2v) is 12.8. The van der Waals surface area contributed by atoms with Gasteiger partial charge in [0.2, 0.25) is 17.7 Å². The molecule has 4 rings (SSSR count). The van der Waals surface area contributed by atoms with Crippen LogP contribution in [0.4, 0.5) is 0 Å². The summed E-state index contributed by atoms with van der Waals surface area (Å²) in [5, 5.41) is 29.2. The molecule has 0 bridgehead atoms. The number of nitrogens with one attached hydrogen (secondary N) is 3. The third-order valence-corrected chi connectivity index (χ3v) is 8.60. The first-order chi connectivity index (χ1) is 19.5. The first-order valence-electron chi connectivity index (χ1n) is 14.1. The third kappa shape index (κ3) is 7.69. The number of aromatic nitrogens is 1. The monoisotopic (exact) mass is 586 g/mol. The number of nitrogens with zero attached hydrogens (tertiary/aromatic N) is 3. The molecule has 5 N–H and O–H groups in total. The number of hydrogen-bond acceptors (Lipinski definition) is 9. The van der Waals surface area contributed by atoms with Gasteiger partial charge >= 0.3 is 0 Å². The minimum atomic E-state index is -0.849. The molecule has 224 valence electrons. The molecular weight excluding hydrogens is 544 g/mol. The van der Waals surface area contributed by atoms with Crippen molar-refractivity contribution in [2.24, 2.45) is 5.41 Å². The summed E-state index contributed by atoms with van der Waals surface area (Å²) in [6, 6.07) is 5.64. The first kappa shape index (κ1) is 31.0. The van der Waals surface area contributed by atoms with Crippen molar-refractivity contribution in [2.45, 2.75) is 65.0 Å². The Morgan fingerprint density at radius 2 is 1.83 bits per heavy atom. The second kappa shape index (κ2) is 13.4. The average molecular weight is 587 g/mol. The molecule has 2 aromatic rings.